The lowest BCUT2D eigenvalue weighted by atomic mass is 9.97. The van der Waals surface area contributed by atoms with Crippen molar-refractivity contribution in [3.8, 4) is 17.1 Å². The van der Waals surface area contributed by atoms with E-state index in [1.54, 1.807) is 35.1 Å². The first-order chi connectivity index (χ1) is 17.7. The number of rotatable bonds is 4. The van der Waals surface area contributed by atoms with Gasteiger partial charge in [-0.3, -0.25) is 9.59 Å². The highest BCUT2D eigenvalue weighted by molar-refractivity contribution is 6.35. The summed E-state index contributed by atoms with van der Waals surface area (Å²) in [6.07, 6.45) is 2.00. The zero-order valence-corrected chi connectivity index (χ0v) is 22.0. The van der Waals surface area contributed by atoms with E-state index in [1.807, 2.05) is 0 Å². The number of nitrogen functional groups attached to an aromatic ring is 1. The minimum atomic E-state index is -0.454. The Kier molecular flexibility index (Phi) is 6.49. The van der Waals surface area contributed by atoms with Crippen LogP contribution >= 0.6 is 11.6 Å². The molecule has 2 saturated heterocycles. The molecule has 1 unspecified atom stereocenters. The Morgan fingerprint density at radius 3 is 2.76 bits per heavy atom. The van der Waals surface area contributed by atoms with Gasteiger partial charge < -0.3 is 29.9 Å². The van der Waals surface area contributed by atoms with Gasteiger partial charge in [0, 0.05) is 33.3 Å². The number of halogens is 1. The summed E-state index contributed by atoms with van der Waals surface area (Å²) < 4.78 is 12.0. The number of carbonyl (C=O) groups excluding carboxylic acids is 2. The third kappa shape index (κ3) is 4.18. The van der Waals surface area contributed by atoms with Gasteiger partial charge in [0.25, 0.3) is 5.91 Å². The fourth-order valence-corrected chi connectivity index (χ4v) is 5.86. The molecule has 3 aliphatic heterocycles. The number of pyridine rings is 2. The lowest BCUT2D eigenvalue weighted by Gasteiger charge is -2.40. The quantitative estimate of drug-likeness (QED) is 0.605. The van der Waals surface area contributed by atoms with Crippen LogP contribution in [0.2, 0.25) is 5.02 Å². The van der Waals surface area contributed by atoms with Crippen LogP contribution in [0, 0.1) is 0 Å². The Hall–Kier alpha value is -3.37. The van der Waals surface area contributed by atoms with Crippen LogP contribution in [0.4, 0.5) is 11.6 Å². The highest BCUT2D eigenvalue weighted by Crippen LogP contribution is 2.46. The predicted octanol–water partition coefficient (Wildman–Crippen LogP) is 2.61. The smallest absolute Gasteiger partial charge is 0.261 e. The molecule has 2 fully saturated rings. The molecule has 0 aromatic carbocycles. The Bertz CT molecular complexity index is 1270. The third-order valence-electron chi connectivity index (χ3n) is 7.59. The van der Waals surface area contributed by atoms with Crippen molar-refractivity contribution in [1.82, 2.24) is 19.8 Å². The van der Waals surface area contributed by atoms with E-state index in [0.29, 0.717) is 54.8 Å². The van der Waals surface area contributed by atoms with E-state index in [0.717, 1.165) is 6.42 Å². The fraction of sp³-hybridized carbons (Fsp3) is 0.462. The maximum absolute atomic E-state index is 14.1. The number of carbonyl (C=O) groups is 2. The van der Waals surface area contributed by atoms with Crippen LogP contribution in [0.15, 0.2) is 30.9 Å². The Balaban J connectivity index is 1.66. The summed E-state index contributed by atoms with van der Waals surface area (Å²) in [5.41, 5.74) is 6.68. The van der Waals surface area contributed by atoms with Gasteiger partial charge in [-0.1, -0.05) is 24.2 Å². The number of nitrogens with zero attached hydrogens (tertiary/aromatic N) is 5. The molecule has 0 bridgehead atoms. The van der Waals surface area contributed by atoms with E-state index in [4.69, 9.17) is 31.8 Å². The van der Waals surface area contributed by atoms with Gasteiger partial charge in [0.1, 0.15) is 34.5 Å². The number of piperazine rings is 1. The van der Waals surface area contributed by atoms with Crippen molar-refractivity contribution in [2.75, 3.05) is 50.5 Å². The van der Waals surface area contributed by atoms with Crippen molar-refractivity contribution in [1.29, 1.82) is 0 Å². The van der Waals surface area contributed by atoms with Crippen LogP contribution < -0.4 is 15.4 Å². The Morgan fingerprint density at radius 2 is 2.08 bits per heavy atom. The summed E-state index contributed by atoms with van der Waals surface area (Å²) in [5, 5.41) is 0.198. The van der Waals surface area contributed by atoms with Gasteiger partial charge in [-0.2, -0.15) is 0 Å². The number of ether oxygens (including phenoxy) is 2. The summed E-state index contributed by atoms with van der Waals surface area (Å²) in [6, 6.07) is 4.89. The molecule has 0 saturated carbocycles. The van der Waals surface area contributed by atoms with Crippen LogP contribution in [0.1, 0.15) is 30.6 Å². The van der Waals surface area contributed by atoms with Crippen LogP contribution in [-0.4, -0.2) is 89.2 Å². The minimum Gasteiger partial charge on any atom is -0.489 e. The number of nitrogens with two attached hydrogens (primary N) is 1. The molecule has 10 nitrogen and oxygen atoms in total. The molecule has 2 N–H and O–H groups in total. The molecule has 2 atom stereocenters. The number of methoxy groups -OCH3 is 1. The monoisotopic (exact) mass is 526 g/mol. The molecule has 11 heteroatoms. The van der Waals surface area contributed by atoms with Gasteiger partial charge in [0.15, 0.2) is 5.75 Å². The normalized spacial score (nSPS) is 22.7. The lowest BCUT2D eigenvalue weighted by Crippen LogP contribution is -2.57. The second kappa shape index (κ2) is 9.50. The van der Waals surface area contributed by atoms with Crippen LogP contribution in [0.5, 0.6) is 5.75 Å². The van der Waals surface area contributed by atoms with Gasteiger partial charge in [-0.05, 0) is 38.5 Å². The van der Waals surface area contributed by atoms with E-state index in [2.05, 4.69) is 30.3 Å². The molecular weight excluding hydrogens is 496 g/mol. The van der Waals surface area contributed by atoms with Gasteiger partial charge in [0.05, 0.1) is 23.4 Å². The molecule has 2 amide bonds. The first-order valence-electron chi connectivity index (χ1n) is 12.3. The standard InChI is InChI=1S/C26H31ClN6O4/c1-5-19(34)31-11-12-32-15(13-31)14-37-23-20(25(32)35)24(33-10-9-17(36-4)26(33,2)3)30-22(21(23)27)16-7-6-8-18(28)29-16/h5-8,15,17H,1,9-14H2,2-4H3,(H2,28,29)/t15-,17?/m1/s1. The van der Waals surface area contributed by atoms with Crippen molar-refractivity contribution in [2.45, 2.75) is 38.0 Å². The zero-order chi connectivity index (χ0) is 26.5. The van der Waals surface area contributed by atoms with Gasteiger partial charge in [0.2, 0.25) is 5.91 Å². The number of amides is 2. The molecule has 2 aromatic heterocycles. The summed E-state index contributed by atoms with van der Waals surface area (Å²) >= 11 is 6.90. The molecule has 5 rings (SSSR count). The molecule has 0 radical (unpaired) electrons. The van der Waals surface area contributed by atoms with Crippen molar-refractivity contribution < 1.29 is 19.1 Å². The number of hydrogen-bond acceptors (Lipinski definition) is 8. The molecule has 0 spiro atoms. The van der Waals surface area contributed by atoms with Gasteiger partial charge in [-0.15, -0.1) is 0 Å². The van der Waals surface area contributed by atoms with E-state index >= 15 is 0 Å². The second-order valence-electron chi connectivity index (χ2n) is 10.0. The van der Waals surface area contributed by atoms with Crippen molar-refractivity contribution >= 4 is 35.1 Å². The first kappa shape index (κ1) is 25.3. The maximum Gasteiger partial charge on any atom is 0.261 e. The Morgan fingerprint density at radius 1 is 1.30 bits per heavy atom. The second-order valence-corrected chi connectivity index (χ2v) is 10.4. The molecule has 5 heterocycles. The zero-order valence-electron chi connectivity index (χ0n) is 21.2. The van der Waals surface area contributed by atoms with Crippen LogP contribution in [-0.2, 0) is 9.53 Å². The average Bonchev–Trinajstić information content (AvgIpc) is 3.10. The average molecular weight is 527 g/mol. The fourth-order valence-electron chi connectivity index (χ4n) is 5.57. The molecule has 3 aliphatic rings. The number of aromatic nitrogens is 2. The minimum absolute atomic E-state index is 0.0578. The van der Waals surface area contributed by atoms with Crippen LogP contribution in [0.3, 0.4) is 0 Å². The van der Waals surface area contributed by atoms with E-state index in [-0.39, 0.29) is 41.3 Å². The Labute approximate surface area is 221 Å². The molecule has 196 valence electrons. The molecule has 2 aromatic rings. The molecule has 37 heavy (non-hydrogen) atoms. The summed E-state index contributed by atoms with van der Waals surface area (Å²) in [5.74, 6) is 0.668. The van der Waals surface area contributed by atoms with Crippen molar-refractivity contribution in [2.24, 2.45) is 0 Å². The summed E-state index contributed by atoms with van der Waals surface area (Å²) in [6.45, 7) is 9.65. The SMILES string of the molecule is C=CC(=O)N1CCN2C(=O)c3c(N4CCC(OC)C4(C)C)nc(-c4cccc(N)n4)c(Cl)c3OC[C@H]2C1. The third-order valence-corrected chi connectivity index (χ3v) is 7.94. The van der Waals surface area contributed by atoms with E-state index in [9.17, 15) is 9.59 Å². The highest BCUT2D eigenvalue weighted by Gasteiger charge is 2.47. The number of hydrogen-bond donors (Lipinski definition) is 1. The van der Waals surface area contributed by atoms with Crippen molar-refractivity contribution in [3.63, 3.8) is 0 Å². The summed E-state index contributed by atoms with van der Waals surface area (Å²) in [4.78, 5) is 41.3. The topological polar surface area (TPSA) is 114 Å². The largest absolute Gasteiger partial charge is 0.489 e. The maximum atomic E-state index is 14.1. The first-order valence-corrected chi connectivity index (χ1v) is 12.7. The number of fused-ring (bicyclic) bond motifs is 2. The van der Waals surface area contributed by atoms with E-state index < -0.39 is 5.54 Å². The summed E-state index contributed by atoms with van der Waals surface area (Å²) in [7, 11) is 1.69. The lowest BCUT2D eigenvalue weighted by molar-refractivity contribution is -0.128. The molecular formula is C26H31ClN6O4. The van der Waals surface area contributed by atoms with E-state index in [1.165, 1.54) is 6.08 Å². The van der Waals surface area contributed by atoms with Gasteiger partial charge in [-0.25, -0.2) is 9.97 Å². The van der Waals surface area contributed by atoms with Crippen molar-refractivity contribution in [3.05, 3.63) is 41.4 Å². The molecule has 0 aliphatic carbocycles. The van der Waals surface area contributed by atoms with Gasteiger partial charge >= 0.3 is 0 Å². The number of anilines is 2. The predicted molar refractivity (Wildman–Crippen MR) is 141 cm³/mol. The highest BCUT2D eigenvalue weighted by atomic mass is 35.5. The van der Waals surface area contributed by atoms with Crippen LogP contribution in [0.25, 0.3) is 11.4 Å².